The molecule has 0 aromatic rings. The van der Waals surface area contributed by atoms with Gasteiger partial charge in [0.25, 0.3) is 0 Å². The number of hydrogen-bond donors (Lipinski definition) is 0. The highest BCUT2D eigenvalue weighted by molar-refractivity contribution is 6.77. The number of rotatable bonds is 20. The molecule has 0 amide bonds. The van der Waals surface area contributed by atoms with E-state index in [0.29, 0.717) is 18.0 Å². The van der Waals surface area contributed by atoms with E-state index in [0.717, 1.165) is 12.1 Å². The summed E-state index contributed by atoms with van der Waals surface area (Å²) < 4.78 is 34.0. The molecule has 0 aliphatic carbocycles. The molecule has 16 heteroatoms. The minimum absolute atomic E-state index is 0.309. The first-order valence-electron chi connectivity index (χ1n) is 13.9. The van der Waals surface area contributed by atoms with Crippen molar-refractivity contribution >= 4 is 84.3 Å². The van der Waals surface area contributed by atoms with Crippen LogP contribution in [0.15, 0.2) is 24.8 Å². The van der Waals surface area contributed by atoms with Crippen molar-refractivity contribution in [3.63, 3.8) is 0 Å². The topological polar surface area (TPSA) is 89.5 Å². The molecular weight excluding hydrogens is 629 g/mol. The zero-order chi connectivity index (χ0) is 30.8. The van der Waals surface area contributed by atoms with Gasteiger partial charge in [-0.15, -0.1) is 0 Å². The molecule has 0 saturated carbocycles. The largest absolute Gasteiger partial charge is 0.464 e. The molecule has 0 aromatic carbocycles. The van der Waals surface area contributed by atoms with Gasteiger partial charge in [-0.3, -0.25) is 0 Å². The Morgan fingerprint density at radius 1 is 0.667 bits per heavy atom. The van der Waals surface area contributed by atoms with E-state index in [1.807, 2.05) is 0 Å². The van der Waals surface area contributed by atoms with E-state index in [4.69, 9.17) is 25.9 Å². The van der Waals surface area contributed by atoms with Crippen molar-refractivity contribution in [3.05, 3.63) is 24.8 Å². The van der Waals surface area contributed by atoms with Gasteiger partial charge in [0.05, 0.1) is 0 Å². The predicted octanol–water partition coefficient (Wildman–Crippen LogP) is 3.05. The van der Waals surface area contributed by atoms with Gasteiger partial charge in [-0.2, -0.15) is 0 Å². The van der Waals surface area contributed by atoms with Crippen molar-refractivity contribution in [1.29, 1.82) is 0 Å². The maximum absolute atomic E-state index is 11.2. The quantitative estimate of drug-likeness (QED) is 0.0837. The fourth-order valence-electron chi connectivity index (χ4n) is 2.99. The Bertz CT molecular complexity index is 737. The second kappa shape index (κ2) is 20.8. The Kier molecular flexibility index (Phi) is 21.9. The number of carbonyl (C=O) groups excluding carboxylic acids is 2. The van der Waals surface area contributed by atoms with Gasteiger partial charge >= 0.3 is 11.9 Å². The molecule has 0 rings (SSSR count). The van der Waals surface area contributed by atoms with Crippen LogP contribution in [0.5, 0.6) is 0 Å². The van der Waals surface area contributed by atoms with Crippen molar-refractivity contribution in [1.82, 2.24) is 0 Å². The normalized spacial score (nSPS) is 13.5. The lowest BCUT2D eigenvalue weighted by Crippen LogP contribution is -2.35. The molecule has 0 bridgehead atoms. The van der Waals surface area contributed by atoms with E-state index in [2.05, 4.69) is 78.6 Å². The lowest BCUT2D eigenvalue weighted by atomic mass is 10.4. The first-order chi connectivity index (χ1) is 17.7. The highest BCUT2D eigenvalue weighted by Crippen LogP contribution is 2.15. The first kappa shape index (κ1) is 41.1. The van der Waals surface area contributed by atoms with Gasteiger partial charge in [-0.05, 0) is 96.6 Å². The molecule has 0 aliphatic rings. The van der Waals surface area contributed by atoms with E-state index in [9.17, 15) is 9.59 Å². The van der Waals surface area contributed by atoms with Crippen LogP contribution >= 0.6 is 0 Å². The van der Waals surface area contributed by atoms with Crippen LogP contribution in [0.1, 0.15) is 6.92 Å². The molecule has 0 saturated heterocycles. The maximum atomic E-state index is 11.2. The van der Waals surface area contributed by atoms with E-state index in [1.165, 1.54) is 18.2 Å². The molecule has 0 fully saturated rings. The summed E-state index contributed by atoms with van der Waals surface area (Å²) in [6, 6.07) is 4.71. The van der Waals surface area contributed by atoms with Gasteiger partial charge in [-0.1, -0.05) is 13.2 Å². The van der Waals surface area contributed by atoms with E-state index in [1.54, 1.807) is 6.92 Å². The number of ether oxygens (including phenoxy) is 2. The van der Waals surface area contributed by atoms with Crippen LogP contribution in [0.3, 0.4) is 0 Å². The molecule has 0 N–H and O–H groups in total. The van der Waals surface area contributed by atoms with E-state index >= 15 is 0 Å². The average molecular weight is 687 g/mol. The van der Waals surface area contributed by atoms with Crippen molar-refractivity contribution in [2.24, 2.45) is 0 Å². The molecule has 0 unspecified atom stereocenters. The standard InChI is InChI=1S/C12H30O4Si4.C11H28O4Si4/c1-11(2)12(13)14-10-18-16-20(6,7)9-8-17-15-19(3,4)5;1-7-11(12)13-10-17-15-19(5,6)9-8-16-14-18(2,3)4/h1,8-10,17-18H2,2-7H3;7H,1,8-10,16-17H2,2-6H3. The third-order valence-corrected chi connectivity index (χ3v) is 28.1. The van der Waals surface area contributed by atoms with Crippen LogP contribution in [0.25, 0.3) is 0 Å². The summed E-state index contributed by atoms with van der Waals surface area (Å²) in [7, 11) is -8.10. The van der Waals surface area contributed by atoms with E-state index in [-0.39, 0.29) is 31.5 Å². The Balaban J connectivity index is 0. The second-order valence-corrected chi connectivity index (χ2v) is 37.6. The Hall–Kier alpha value is -0.00494. The van der Waals surface area contributed by atoms with Gasteiger partial charge < -0.3 is 25.9 Å². The molecule has 39 heavy (non-hydrogen) atoms. The van der Waals surface area contributed by atoms with Gasteiger partial charge in [0.15, 0.2) is 52.8 Å². The second-order valence-electron chi connectivity index (χ2n) is 12.6. The summed E-state index contributed by atoms with van der Waals surface area (Å²) in [6.45, 7) is 30.9. The van der Waals surface area contributed by atoms with Crippen molar-refractivity contribution in [2.75, 3.05) is 12.5 Å². The zero-order valence-corrected chi connectivity index (χ0v) is 36.5. The molecular formula is C23H58O8Si8. The highest BCUT2D eigenvalue weighted by atomic mass is 28.4. The lowest BCUT2D eigenvalue weighted by molar-refractivity contribution is -0.137. The van der Waals surface area contributed by atoms with Crippen LogP contribution < -0.4 is 0 Å². The molecule has 0 radical (unpaired) electrons. The Morgan fingerprint density at radius 2 is 1.05 bits per heavy atom. The van der Waals surface area contributed by atoms with Gasteiger partial charge in [0, 0.05) is 11.6 Å². The van der Waals surface area contributed by atoms with Crippen LogP contribution in [-0.2, 0) is 35.5 Å². The lowest BCUT2D eigenvalue weighted by Gasteiger charge is -2.24. The maximum Gasteiger partial charge on any atom is 0.332 e. The molecule has 230 valence electrons. The number of hydrogen-bond acceptors (Lipinski definition) is 8. The first-order valence-corrected chi connectivity index (χ1v) is 33.2. The minimum Gasteiger partial charge on any atom is -0.464 e. The molecule has 0 spiro atoms. The summed E-state index contributed by atoms with van der Waals surface area (Å²) in [6.07, 6.45) is 2.09. The zero-order valence-electron chi connectivity index (χ0n) is 26.8. The molecule has 0 heterocycles. The fourth-order valence-corrected chi connectivity index (χ4v) is 23.8. The van der Waals surface area contributed by atoms with Crippen LogP contribution in [0, 0.1) is 0 Å². The van der Waals surface area contributed by atoms with Crippen LogP contribution in [-0.4, -0.2) is 96.7 Å². The molecule has 0 atom stereocenters. The summed E-state index contributed by atoms with van der Waals surface area (Å²) in [5, 5.41) is 0. The van der Waals surface area contributed by atoms with Crippen molar-refractivity contribution < 1.29 is 35.5 Å². The van der Waals surface area contributed by atoms with Crippen molar-refractivity contribution in [2.45, 2.75) is 96.6 Å². The number of esters is 2. The summed E-state index contributed by atoms with van der Waals surface area (Å²) in [4.78, 5) is 22.1. The minimum atomic E-state index is -1.58. The predicted molar refractivity (Wildman–Crippen MR) is 186 cm³/mol. The summed E-state index contributed by atoms with van der Waals surface area (Å²) in [5.74, 6) is -0.664. The fraction of sp³-hybridized carbons (Fsp3) is 0.739. The van der Waals surface area contributed by atoms with Crippen LogP contribution in [0.4, 0.5) is 0 Å². The molecule has 0 aliphatic heterocycles. The highest BCUT2D eigenvalue weighted by Gasteiger charge is 2.23. The average Bonchev–Trinajstić information content (AvgIpc) is 2.79. The van der Waals surface area contributed by atoms with E-state index < -0.39 is 52.8 Å². The Morgan fingerprint density at radius 3 is 1.38 bits per heavy atom. The third kappa shape index (κ3) is 30.8. The SMILES string of the molecule is C=C(C)C(=O)OC[SiH2]O[Si](C)(C)CC[SiH2]O[Si](C)(C)C.C=CC(=O)OC[SiH2]O[Si](C)(C)CC[SiH2]O[Si](C)(C)C. The molecule has 8 nitrogen and oxygen atoms in total. The number of carbonyl (C=O) groups is 2. The summed E-state index contributed by atoms with van der Waals surface area (Å²) in [5.41, 5.74) is 0.449. The molecule has 0 aromatic heterocycles. The van der Waals surface area contributed by atoms with Gasteiger partial charge in [0.2, 0.25) is 0 Å². The monoisotopic (exact) mass is 686 g/mol. The van der Waals surface area contributed by atoms with Gasteiger partial charge in [-0.25, -0.2) is 9.59 Å². The third-order valence-electron chi connectivity index (χ3n) is 5.06. The van der Waals surface area contributed by atoms with Crippen LogP contribution in [0.2, 0.25) is 89.6 Å². The summed E-state index contributed by atoms with van der Waals surface area (Å²) >= 11 is 0. The van der Waals surface area contributed by atoms with Gasteiger partial charge in [0.1, 0.15) is 32.0 Å². The smallest absolute Gasteiger partial charge is 0.332 e. The Labute approximate surface area is 252 Å². The van der Waals surface area contributed by atoms with Crippen molar-refractivity contribution in [3.8, 4) is 0 Å².